The van der Waals surface area contributed by atoms with Crippen LogP contribution in [0.5, 0.6) is 0 Å². The molecule has 0 radical (unpaired) electrons. The monoisotopic (exact) mass is 239 g/mol. The second kappa shape index (κ2) is 4.21. The Morgan fingerprint density at radius 2 is 2.25 bits per heavy atom. The van der Waals surface area contributed by atoms with Gasteiger partial charge in [0.15, 0.2) is 5.69 Å². The molecule has 3 N–H and O–H groups in total. The molecule has 0 unspecified atom stereocenters. The smallest absolute Gasteiger partial charge is 0.274 e. The minimum Gasteiger partial charge on any atom is -0.391 e. The third kappa shape index (κ3) is 1.92. The highest BCUT2D eigenvalue weighted by molar-refractivity contribution is 7.80. The third-order valence-electron chi connectivity index (χ3n) is 2.95. The van der Waals surface area contributed by atoms with Gasteiger partial charge in [-0.25, -0.2) is 0 Å². The van der Waals surface area contributed by atoms with Crippen LogP contribution in [0.3, 0.4) is 0 Å². The first-order chi connectivity index (χ1) is 7.64. The van der Waals surface area contributed by atoms with Crippen molar-refractivity contribution in [3.05, 3.63) is 18.0 Å². The second-order valence-corrected chi connectivity index (χ2v) is 4.43. The van der Waals surface area contributed by atoms with Crippen molar-refractivity contribution in [2.24, 2.45) is 5.73 Å². The minimum atomic E-state index is -0.536. The summed E-state index contributed by atoms with van der Waals surface area (Å²) >= 11 is 5.03. The number of nitrogens with two attached hydrogens (primary N) is 1. The number of aromatic nitrogens is 1. The predicted octanol–water partition coefficient (Wildman–Crippen LogP) is 1.00. The summed E-state index contributed by atoms with van der Waals surface area (Å²) in [5.74, 6) is -0.288. The molecule has 2 rings (SSSR count). The summed E-state index contributed by atoms with van der Waals surface area (Å²) in [7, 11) is 0. The van der Waals surface area contributed by atoms with Crippen LogP contribution in [0.2, 0.25) is 0 Å². The summed E-state index contributed by atoms with van der Waals surface area (Å²) in [5, 5.41) is 6.44. The summed E-state index contributed by atoms with van der Waals surface area (Å²) < 4.78 is 4.62. The molecule has 1 aliphatic rings. The molecule has 0 aliphatic heterocycles. The van der Waals surface area contributed by atoms with Gasteiger partial charge in [0.25, 0.3) is 5.91 Å². The Balaban J connectivity index is 2.13. The van der Waals surface area contributed by atoms with Crippen LogP contribution in [0, 0.1) is 0 Å². The highest BCUT2D eigenvalue weighted by Gasteiger charge is 2.38. The second-order valence-electron chi connectivity index (χ2n) is 3.99. The van der Waals surface area contributed by atoms with Crippen LogP contribution in [0.4, 0.5) is 0 Å². The predicted molar refractivity (Wildman–Crippen MR) is 62.0 cm³/mol. The molecule has 0 bridgehead atoms. The number of carbonyl (C=O) groups is 1. The molecule has 0 atom stereocenters. The minimum absolute atomic E-state index is 0.252. The molecule has 5 nitrogen and oxygen atoms in total. The fourth-order valence-corrected chi connectivity index (χ4v) is 2.28. The van der Waals surface area contributed by atoms with E-state index < -0.39 is 5.54 Å². The molecule has 1 aromatic heterocycles. The fourth-order valence-electron chi connectivity index (χ4n) is 2.02. The summed E-state index contributed by atoms with van der Waals surface area (Å²) in [5.41, 5.74) is 5.42. The van der Waals surface area contributed by atoms with Gasteiger partial charge < -0.3 is 15.6 Å². The summed E-state index contributed by atoms with van der Waals surface area (Å²) in [6.45, 7) is 0. The third-order valence-corrected chi connectivity index (χ3v) is 3.34. The van der Waals surface area contributed by atoms with Crippen LogP contribution in [-0.4, -0.2) is 21.6 Å². The van der Waals surface area contributed by atoms with E-state index in [9.17, 15) is 4.79 Å². The molecule has 1 fully saturated rings. The van der Waals surface area contributed by atoms with E-state index in [1.165, 1.54) is 12.3 Å². The topological polar surface area (TPSA) is 81.1 Å². The number of hydrogen-bond acceptors (Lipinski definition) is 4. The zero-order valence-electron chi connectivity index (χ0n) is 8.73. The number of hydrogen-bond donors (Lipinski definition) is 2. The molecule has 1 amide bonds. The lowest BCUT2D eigenvalue weighted by Gasteiger charge is -2.28. The van der Waals surface area contributed by atoms with Crippen molar-refractivity contribution in [1.82, 2.24) is 10.5 Å². The Morgan fingerprint density at radius 1 is 1.56 bits per heavy atom. The van der Waals surface area contributed by atoms with E-state index in [2.05, 4.69) is 15.0 Å². The van der Waals surface area contributed by atoms with Crippen molar-refractivity contribution < 1.29 is 9.32 Å². The SMILES string of the molecule is NC(=S)C1(NC(=O)c2ccon2)CCCC1. The lowest BCUT2D eigenvalue weighted by molar-refractivity contribution is 0.0915. The average Bonchev–Trinajstić information content (AvgIpc) is 2.88. The van der Waals surface area contributed by atoms with Gasteiger partial charge in [0.1, 0.15) is 6.26 Å². The summed E-state index contributed by atoms with van der Waals surface area (Å²) in [6, 6.07) is 1.51. The van der Waals surface area contributed by atoms with Crippen LogP contribution in [-0.2, 0) is 0 Å². The number of amides is 1. The van der Waals surface area contributed by atoms with Gasteiger partial charge in [0.2, 0.25) is 0 Å². The maximum atomic E-state index is 11.8. The largest absolute Gasteiger partial charge is 0.391 e. The number of nitrogens with one attached hydrogen (secondary N) is 1. The zero-order valence-corrected chi connectivity index (χ0v) is 9.55. The van der Waals surface area contributed by atoms with E-state index >= 15 is 0 Å². The molecule has 0 aromatic carbocycles. The zero-order chi connectivity index (χ0) is 11.6. The first kappa shape index (κ1) is 11.1. The summed E-state index contributed by atoms with van der Waals surface area (Å²) in [4.78, 5) is 12.2. The van der Waals surface area contributed by atoms with Gasteiger partial charge in [-0.05, 0) is 12.8 Å². The van der Waals surface area contributed by atoms with E-state index in [-0.39, 0.29) is 11.6 Å². The Hall–Kier alpha value is -1.43. The lowest BCUT2D eigenvalue weighted by Crippen LogP contribution is -2.54. The summed E-state index contributed by atoms with van der Waals surface area (Å²) in [6.07, 6.45) is 5.00. The fraction of sp³-hybridized carbons (Fsp3) is 0.500. The van der Waals surface area contributed by atoms with Gasteiger partial charge in [-0.2, -0.15) is 0 Å². The maximum absolute atomic E-state index is 11.8. The molecule has 0 saturated heterocycles. The number of nitrogens with zero attached hydrogens (tertiary/aromatic N) is 1. The molecule has 1 saturated carbocycles. The van der Waals surface area contributed by atoms with Gasteiger partial charge in [-0.15, -0.1) is 0 Å². The highest BCUT2D eigenvalue weighted by atomic mass is 32.1. The highest BCUT2D eigenvalue weighted by Crippen LogP contribution is 2.30. The first-order valence-corrected chi connectivity index (χ1v) is 5.58. The van der Waals surface area contributed by atoms with Gasteiger partial charge in [0, 0.05) is 6.07 Å². The van der Waals surface area contributed by atoms with Crippen LogP contribution in [0.1, 0.15) is 36.2 Å². The molecule has 86 valence electrons. The van der Waals surface area contributed by atoms with E-state index in [0.717, 1.165) is 25.7 Å². The Bertz CT molecular complexity index is 396. The molecule has 1 aromatic rings. The van der Waals surface area contributed by atoms with E-state index in [1.807, 2.05) is 0 Å². The van der Waals surface area contributed by atoms with Crippen LogP contribution >= 0.6 is 12.2 Å². The Morgan fingerprint density at radius 3 is 2.75 bits per heavy atom. The van der Waals surface area contributed by atoms with Crippen molar-refractivity contribution in [2.45, 2.75) is 31.2 Å². The van der Waals surface area contributed by atoms with Gasteiger partial charge in [0.05, 0.1) is 10.5 Å². The molecular weight excluding hydrogens is 226 g/mol. The molecule has 6 heteroatoms. The lowest BCUT2D eigenvalue weighted by atomic mass is 9.97. The normalized spacial score (nSPS) is 18.2. The maximum Gasteiger partial charge on any atom is 0.274 e. The van der Waals surface area contributed by atoms with Crippen LogP contribution in [0.15, 0.2) is 16.9 Å². The van der Waals surface area contributed by atoms with Crippen molar-refractivity contribution in [3.63, 3.8) is 0 Å². The number of rotatable bonds is 3. The first-order valence-electron chi connectivity index (χ1n) is 5.17. The average molecular weight is 239 g/mol. The standard InChI is InChI=1S/C10H13N3O2S/c11-9(16)10(4-1-2-5-10)12-8(14)7-3-6-15-13-7/h3,6H,1-2,4-5H2,(H2,11,16)(H,12,14). The molecule has 0 spiro atoms. The van der Waals surface area contributed by atoms with Crippen molar-refractivity contribution >= 4 is 23.1 Å². The van der Waals surface area contributed by atoms with E-state index in [1.54, 1.807) is 0 Å². The number of carbonyl (C=O) groups excluding carboxylic acids is 1. The van der Waals surface area contributed by atoms with Crippen LogP contribution in [0.25, 0.3) is 0 Å². The molecule has 1 heterocycles. The Labute approximate surface area is 98.4 Å². The molecular formula is C10H13N3O2S. The van der Waals surface area contributed by atoms with E-state index in [4.69, 9.17) is 18.0 Å². The quantitative estimate of drug-likeness (QED) is 0.769. The van der Waals surface area contributed by atoms with Crippen LogP contribution < -0.4 is 11.1 Å². The van der Waals surface area contributed by atoms with Gasteiger partial charge in [-0.3, -0.25) is 4.79 Å². The molecule has 1 aliphatic carbocycles. The molecule has 16 heavy (non-hydrogen) atoms. The van der Waals surface area contributed by atoms with Crippen molar-refractivity contribution in [3.8, 4) is 0 Å². The number of thiocarbonyl (C=S) groups is 1. The van der Waals surface area contributed by atoms with Crippen molar-refractivity contribution in [2.75, 3.05) is 0 Å². The van der Waals surface area contributed by atoms with Gasteiger partial charge >= 0.3 is 0 Å². The Kier molecular flexibility index (Phi) is 2.91. The van der Waals surface area contributed by atoms with Gasteiger partial charge in [-0.1, -0.05) is 30.2 Å². The van der Waals surface area contributed by atoms with Crippen molar-refractivity contribution in [1.29, 1.82) is 0 Å². The van der Waals surface area contributed by atoms with E-state index in [0.29, 0.717) is 4.99 Å².